The summed E-state index contributed by atoms with van der Waals surface area (Å²) in [4.78, 5) is 25.2. The molecular formula is C30H50O5Si. The Morgan fingerprint density at radius 3 is 2.53 bits per heavy atom. The van der Waals surface area contributed by atoms with Crippen LogP contribution in [-0.4, -0.2) is 38.6 Å². The summed E-state index contributed by atoms with van der Waals surface area (Å²) in [6, 6.07) is 0. The maximum atomic E-state index is 12.7. The zero-order chi connectivity index (χ0) is 26.8. The minimum atomic E-state index is -1.96. The third-order valence-corrected chi connectivity index (χ3v) is 13.7. The molecule has 0 aromatic heterocycles. The van der Waals surface area contributed by atoms with E-state index in [-0.39, 0.29) is 47.1 Å². The molecule has 0 saturated carbocycles. The van der Waals surface area contributed by atoms with E-state index < -0.39 is 8.32 Å². The van der Waals surface area contributed by atoms with Crippen LogP contribution in [0.4, 0.5) is 0 Å². The van der Waals surface area contributed by atoms with Crippen LogP contribution in [0.3, 0.4) is 0 Å². The molecular weight excluding hydrogens is 468 g/mol. The molecule has 204 valence electrons. The van der Waals surface area contributed by atoms with Gasteiger partial charge >= 0.3 is 11.9 Å². The van der Waals surface area contributed by atoms with Crippen LogP contribution in [-0.2, 0) is 23.5 Å². The fourth-order valence-corrected chi connectivity index (χ4v) is 7.10. The number of ether oxygens (including phenoxy) is 2. The molecule has 0 spiro atoms. The zero-order valence-corrected chi connectivity index (χ0v) is 25.1. The predicted octanol–water partition coefficient (Wildman–Crippen LogP) is 7.23. The van der Waals surface area contributed by atoms with E-state index in [0.717, 1.165) is 32.1 Å². The summed E-state index contributed by atoms with van der Waals surface area (Å²) in [7, 11) is -1.96. The molecule has 36 heavy (non-hydrogen) atoms. The SMILES string of the molecule is CC[C@H](C)C(=O)OC1C[C@@H](C)C=C2C=C[C@H](C)[C@H](CC[C@@H]3C[C@@H](O[Si](C)(C)C(C)(C)C)CC(=O)O3)[C@H]21. The maximum absolute atomic E-state index is 12.7. The number of carbonyl (C=O) groups excluding carboxylic acids is 2. The van der Waals surface area contributed by atoms with Crippen LogP contribution in [0, 0.1) is 29.6 Å². The molecule has 8 atom stereocenters. The number of cyclic esters (lactones) is 1. The summed E-state index contributed by atoms with van der Waals surface area (Å²) in [6.45, 7) is 19.6. The first-order valence-corrected chi connectivity index (χ1v) is 17.1. The molecule has 0 N–H and O–H groups in total. The average molecular weight is 519 g/mol. The van der Waals surface area contributed by atoms with E-state index >= 15 is 0 Å². The van der Waals surface area contributed by atoms with Crippen LogP contribution < -0.4 is 0 Å². The molecule has 1 unspecified atom stereocenters. The van der Waals surface area contributed by atoms with Gasteiger partial charge in [-0.25, -0.2) is 0 Å². The van der Waals surface area contributed by atoms with Crippen molar-refractivity contribution in [2.24, 2.45) is 29.6 Å². The fourth-order valence-electron chi connectivity index (χ4n) is 5.74. The van der Waals surface area contributed by atoms with Crippen LogP contribution >= 0.6 is 0 Å². The van der Waals surface area contributed by atoms with E-state index in [4.69, 9.17) is 13.9 Å². The first-order valence-electron chi connectivity index (χ1n) is 14.2. The maximum Gasteiger partial charge on any atom is 0.308 e. The first-order chi connectivity index (χ1) is 16.7. The Hall–Kier alpha value is -1.40. The van der Waals surface area contributed by atoms with Gasteiger partial charge in [-0.15, -0.1) is 0 Å². The highest BCUT2D eigenvalue weighted by atomic mass is 28.4. The van der Waals surface area contributed by atoms with E-state index in [9.17, 15) is 9.59 Å². The Morgan fingerprint density at radius 2 is 1.89 bits per heavy atom. The molecule has 1 saturated heterocycles. The molecule has 3 aliphatic rings. The van der Waals surface area contributed by atoms with Crippen molar-refractivity contribution in [3.63, 3.8) is 0 Å². The van der Waals surface area contributed by atoms with Crippen molar-refractivity contribution in [1.82, 2.24) is 0 Å². The van der Waals surface area contributed by atoms with Gasteiger partial charge in [0.25, 0.3) is 0 Å². The quantitative estimate of drug-likeness (QED) is 0.251. The van der Waals surface area contributed by atoms with Gasteiger partial charge < -0.3 is 13.9 Å². The predicted molar refractivity (Wildman–Crippen MR) is 147 cm³/mol. The van der Waals surface area contributed by atoms with Crippen molar-refractivity contribution in [1.29, 1.82) is 0 Å². The molecule has 1 aliphatic heterocycles. The number of carbonyl (C=O) groups is 2. The van der Waals surface area contributed by atoms with E-state index in [1.807, 2.05) is 13.8 Å². The molecule has 2 aliphatic carbocycles. The van der Waals surface area contributed by atoms with Crippen LogP contribution in [0.5, 0.6) is 0 Å². The molecule has 5 nitrogen and oxygen atoms in total. The van der Waals surface area contributed by atoms with Crippen LogP contribution in [0.1, 0.15) is 87.0 Å². The Bertz CT molecular complexity index is 854. The van der Waals surface area contributed by atoms with Crippen molar-refractivity contribution < 1.29 is 23.5 Å². The van der Waals surface area contributed by atoms with Gasteiger partial charge in [0, 0.05) is 12.3 Å². The topological polar surface area (TPSA) is 61.8 Å². The molecule has 0 radical (unpaired) electrons. The summed E-state index contributed by atoms with van der Waals surface area (Å²) in [5.41, 5.74) is 1.30. The standard InChI is InChI=1S/C30H50O5Si/c1-10-20(3)29(32)34-26-16-19(2)15-22-12-11-21(4)25(28(22)26)14-13-23-17-24(18-27(31)33-23)35-36(8,9)30(5,6)7/h11-12,15,19-21,23-26,28H,10,13-14,16-18H2,1-9H3/t19-,20-,21-,23+,24+,25-,26?,28-/m0/s1. The van der Waals surface area contributed by atoms with Gasteiger partial charge in [-0.1, -0.05) is 66.7 Å². The van der Waals surface area contributed by atoms with E-state index in [2.05, 4.69) is 65.9 Å². The van der Waals surface area contributed by atoms with Gasteiger partial charge in [0.1, 0.15) is 12.2 Å². The highest BCUT2D eigenvalue weighted by Crippen LogP contribution is 2.45. The molecule has 3 rings (SSSR count). The molecule has 1 heterocycles. The Morgan fingerprint density at radius 1 is 1.19 bits per heavy atom. The van der Waals surface area contributed by atoms with Gasteiger partial charge in [0.15, 0.2) is 8.32 Å². The van der Waals surface area contributed by atoms with Crippen LogP contribution in [0.2, 0.25) is 18.1 Å². The second-order valence-corrected chi connectivity index (χ2v) is 18.0. The molecule has 0 aromatic rings. The first kappa shape index (κ1) is 29.2. The van der Waals surface area contributed by atoms with Crippen molar-refractivity contribution in [3.8, 4) is 0 Å². The molecule has 6 heteroatoms. The minimum Gasteiger partial charge on any atom is -0.462 e. The summed E-state index contributed by atoms with van der Waals surface area (Å²) in [5, 5.41) is 0.107. The molecule has 0 bridgehead atoms. The number of fused-ring (bicyclic) bond motifs is 1. The molecule has 1 fully saturated rings. The fraction of sp³-hybridized carbons (Fsp3) is 0.800. The van der Waals surface area contributed by atoms with Gasteiger partial charge in [0.05, 0.1) is 18.4 Å². The lowest BCUT2D eigenvalue weighted by Gasteiger charge is -2.44. The Labute approximate surface area is 220 Å². The summed E-state index contributed by atoms with van der Waals surface area (Å²) >= 11 is 0. The normalized spacial score (nSPS) is 33.9. The largest absolute Gasteiger partial charge is 0.462 e. The third kappa shape index (κ3) is 6.92. The minimum absolute atomic E-state index is 0.0592. The lowest BCUT2D eigenvalue weighted by molar-refractivity contribution is -0.162. The van der Waals surface area contributed by atoms with Crippen molar-refractivity contribution in [2.45, 2.75) is 123 Å². The second-order valence-electron chi connectivity index (χ2n) is 13.2. The van der Waals surface area contributed by atoms with E-state index in [1.54, 1.807) is 0 Å². The number of hydrogen-bond acceptors (Lipinski definition) is 5. The summed E-state index contributed by atoms with van der Waals surface area (Å²) < 4.78 is 18.6. The number of rotatable bonds is 8. The van der Waals surface area contributed by atoms with Crippen LogP contribution in [0.25, 0.3) is 0 Å². The van der Waals surface area contributed by atoms with E-state index in [1.165, 1.54) is 5.57 Å². The summed E-state index contributed by atoms with van der Waals surface area (Å²) in [5.74, 6) is 1.02. The van der Waals surface area contributed by atoms with Gasteiger partial charge in [-0.05, 0) is 67.1 Å². The van der Waals surface area contributed by atoms with Crippen molar-refractivity contribution >= 4 is 20.3 Å². The lowest BCUT2D eigenvalue weighted by atomic mass is 9.65. The smallest absolute Gasteiger partial charge is 0.308 e. The van der Waals surface area contributed by atoms with Gasteiger partial charge in [0.2, 0.25) is 0 Å². The molecule has 0 aromatic carbocycles. The highest BCUT2D eigenvalue weighted by Gasteiger charge is 2.44. The second kappa shape index (κ2) is 11.5. The highest BCUT2D eigenvalue weighted by molar-refractivity contribution is 6.74. The zero-order valence-electron chi connectivity index (χ0n) is 24.1. The van der Waals surface area contributed by atoms with Crippen LogP contribution in [0.15, 0.2) is 23.8 Å². The monoisotopic (exact) mass is 518 g/mol. The lowest BCUT2D eigenvalue weighted by Crippen LogP contribution is -2.47. The number of allylic oxidation sites excluding steroid dienone is 3. The number of esters is 2. The number of hydrogen-bond donors (Lipinski definition) is 0. The Kier molecular flexibility index (Phi) is 9.35. The van der Waals surface area contributed by atoms with Crippen molar-refractivity contribution in [3.05, 3.63) is 23.8 Å². The van der Waals surface area contributed by atoms with Gasteiger partial charge in [-0.3, -0.25) is 9.59 Å². The van der Waals surface area contributed by atoms with Gasteiger partial charge in [-0.2, -0.15) is 0 Å². The Balaban J connectivity index is 1.71. The summed E-state index contributed by atoms with van der Waals surface area (Å²) in [6.07, 6.45) is 11.2. The average Bonchev–Trinajstić information content (AvgIpc) is 2.76. The third-order valence-electron chi connectivity index (χ3n) is 9.19. The molecule has 0 amide bonds. The van der Waals surface area contributed by atoms with Crippen molar-refractivity contribution in [2.75, 3.05) is 0 Å². The van der Waals surface area contributed by atoms with E-state index in [0.29, 0.717) is 24.2 Å².